The third-order valence-corrected chi connectivity index (χ3v) is 5.67. The molecule has 0 fully saturated rings. The summed E-state index contributed by atoms with van der Waals surface area (Å²) in [6.07, 6.45) is 0.531. The average Bonchev–Trinajstić information content (AvgIpc) is 3.20. The Morgan fingerprint density at radius 3 is 2.39 bits per heavy atom. The number of aromatic amines is 1. The van der Waals surface area contributed by atoms with Crippen LogP contribution in [0, 0.1) is 6.92 Å². The van der Waals surface area contributed by atoms with Crippen molar-refractivity contribution in [1.82, 2.24) is 9.88 Å². The number of ether oxygens (including phenoxy) is 1. The van der Waals surface area contributed by atoms with E-state index in [1.807, 2.05) is 79.7 Å². The van der Waals surface area contributed by atoms with E-state index in [4.69, 9.17) is 4.74 Å². The van der Waals surface area contributed by atoms with Crippen LogP contribution in [-0.4, -0.2) is 47.1 Å². The Balaban J connectivity index is 1.71. The van der Waals surface area contributed by atoms with Crippen LogP contribution in [0.15, 0.2) is 72.8 Å². The molecule has 0 radical (unpaired) electrons. The van der Waals surface area contributed by atoms with Gasteiger partial charge in [0, 0.05) is 23.0 Å². The molecule has 4 aromatic rings. The standard InChI is InChI=1S/C27H26N2O4/c1-18-8-13-23-22(16-18)25(20-6-4-3-5-7-20)26(28-23)27(32)29(17-24(30)31)15-14-19-9-11-21(33-2)12-10-19/h3-13,16,28H,14-15,17H2,1-2H3,(H,30,31). The van der Waals surface area contributed by atoms with Crippen molar-refractivity contribution in [2.24, 2.45) is 0 Å². The smallest absolute Gasteiger partial charge is 0.323 e. The van der Waals surface area contributed by atoms with Gasteiger partial charge in [-0.25, -0.2) is 0 Å². The molecule has 0 aliphatic rings. The Bertz CT molecular complexity index is 1280. The third-order valence-electron chi connectivity index (χ3n) is 5.67. The monoisotopic (exact) mass is 442 g/mol. The molecular weight excluding hydrogens is 416 g/mol. The van der Waals surface area contributed by atoms with Crippen LogP contribution in [0.5, 0.6) is 5.75 Å². The fourth-order valence-electron chi connectivity index (χ4n) is 4.00. The van der Waals surface area contributed by atoms with Crippen LogP contribution in [0.4, 0.5) is 0 Å². The number of hydrogen-bond donors (Lipinski definition) is 2. The number of carbonyl (C=O) groups is 2. The van der Waals surface area contributed by atoms with E-state index in [2.05, 4.69) is 4.98 Å². The lowest BCUT2D eigenvalue weighted by Crippen LogP contribution is -2.37. The van der Waals surface area contributed by atoms with Gasteiger partial charge < -0.3 is 19.7 Å². The second-order valence-corrected chi connectivity index (χ2v) is 8.01. The molecular formula is C27H26N2O4. The van der Waals surface area contributed by atoms with Crippen LogP contribution in [0.25, 0.3) is 22.0 Å². The van der Waals surface area contributed by atoms with E-state index in [0.717, 1.165) is 38.9 Å². The summed E-state index contributed by atoms with van der Waals surface area (Å²) in [7, 11) is 1.61. The summed E-state index contributed by atoms with van der Waals surface area (Å²) in [6, 6.07) is 23.2. The van der Waals surface area contributed by atoms with Crippen molar-refractivity contribution in [3.8, 4) is 16.9 Å². The van der Waals surface area contributed by atoms with Gasteiger partial charge in [-0.1, -0.05) is 54.1 Å². The van der Waals surface area contributed by atoms with Crippen molar-refractivity contribution < 1.29 is 19.4 Å². The van der Waals surface area contributed by atoms with Gasteiger partial charge in [-0.15, -0.1) is 0 Å². The lowest BCUT2D eigenvalue weighted by molar-refractivity contribution is -0.137. The first-order valence-electron chi connectivity index (χ1n) is 10.8. The molecule has 0 saturated carbocycles. The molecule has 0 unspecified atom stereocenters. The number of nitrogens with zero attached hydrogens (tertiary/aromatic N) is 1. The number of nitrogens with one attached hydrogen (secondary N) is 1. The van der Waals surface area contributed by atoms with Gasteiger partial charge in [0.05, 0.1) is 7.11 Å². The second kappa shape index (κ2) is 9.61. The largest absolute Gasteiger partial charge is 0.497 e. The zero-order valence-electron chi connectivity index (χ0n) is 18.7. The van der Waals surface area contributed by atoms with Gasteiger partial charge in [0.15, 0.2) is 0 Å². The number of carboxylic acid groups (broad SMARTS) is 1. The normalized spacial score (nSPS) is 10.8. The first kappa shape index (κ1) is 22.1. The van der Waals surface area contributed by atoms with Crippen molar-refractivity contribution >= 4 is 22.8 Å². The Labute approximate surface area is 192 Å². The minimum atomic E-state index is -1.05. The number of H-pyrrole nitrogens is 1. The average molecular weight is 443 g/mol. The number of benzene rings is 3. The maximum absolute atomic E-state index is 13.7. The van der Waals surface area contributed by atoms with Gasteiger partial charge in [-0.3, -0.25) is 9.59 Å². The molecule has 0 aliphatic carbocycles. The summed E-state index contributed by atoms with van der Waals surface area (Å²) in [5, 5.41) is 10.4. The fourth-order valence-corrected chi connectivity index (χ4v) is 4.00. The van der Waals surface area contributed by atoms with E-state index >= 15 is 0 Å². The number of amides is 1. The molecule has 1 amide bonds. The number of carboxylic acids is 1. The Morgan fingerprint density at radius 1 is 1.00 bits per heavy atom. The maximum atomic E-state index is 13.7. The van der Waals surface area contributed by atoms with E-state index in [0.29, 0.717) is 12.1 Å². The highest BCUT2D eigenvalue weighted by molar-refractivity contribution is 6.10. The molecule has 33 heavy (non-hydrogen) atoms. The number of carbonyl (C=O) groups excluding carboxylic acids is 1. The number of aromatic nitrogens is 1. The fraction of sp³-hybridized carbons (Fsp3) is 0.185. The van der Waals surface area contributed by atoms with Crippen LogP contribution in [-0.2, 0) is 11.2 Å². The minimum absolute atomic E-state index is 0.278. The molecule has 2 N–H and O–H groups in total. The van der Waals surface area contributed by atoms with Gasteiger partial charge in [0.25, 0.3) is 5.91 Å². The Kier molecular flexibility index (Phi) is 6.45. The predicted octanol–water partition coefficient (Wildman–Crippen LogP) is 4.92. The summed E-state index contributed by atoms with van der Waals surface area (Å²) >= 11 is 0. The minimum Gasteiger partial charge on any atom is -0.497 e. The van der Waals surface area contributed by atoms with Gasteiger partial charge in [-0.2, -0.15) is 0 Å². The van der Waals surface area contributed by atoms with E-state index in [9.17, 15) is 14.7 Å². The van der Waals surface area contributed by atoms with Gasteiger partial charge in [0.1, 0.15) is 18.0 Å². The molecule has 1 aromatic heterocycles. The number of fused-ring (bicyclic) bond motifs is 1. The van der Waals surface area contributed by atoms with Gasteiger partial charge >= 0.3 is 5.97 Å². The molecule has 168 valence electrons. The third kappa shape index (κ3) is 4.90. The summed E-state index contributed by atoms with van der Waals surface area (Å²) in [5.41, 5.74) is 5.02. The van der Waals surface area contributed by atoms with Crippen molar-refractivity contribution in [2.45, 2.75) is 13.3 Å². The first-order chi connectivity index (χ1) is 16.0. The molecule has 0 spiro atoms. The zero-order chi connectivity index (χ0) is 23.4. The molecule has 0 atom stereocenters. The molecule has 0 aliphatic heterocycles. The molecule has 0 bridgehead atoms. The molecule has 4 rings (SSSR count). The van der Waals surface area contributed by atoms with Crippen molar-refractivity contribution in [3.63, 3.8) is 0 Å². The van der Waals surface area contributed by atoms with Crippen LogP contribution < -0.4 is 4.74 Å². The highest BCUT2D eigenvalue weighted by Gasteiger charge is 2.25. The quantitative estimate of drug-likeness (QED) is 0.406. The van der Waals surface area contributed by atoms with Gasteiger partial charge in [0.2, 0.25) is 0 Å². The number of hydrogen-bond acceptors (Lipinski definition) is 3. The molecule has 1 heterocycles. The van der Waals surface area contributed by atoms with Crippen LogP contribution in [0.1, 0.15) is 21.6 Å². The summed E-state index contributed by atoms with van der Waals surface area (Å²) in [4.78, 5) is 29.9. The lowest BCUT2D eigenvalue weighted by Gasteiger charge is -2.21. The van der Waals surface area contributed by atoms with Crippen molar-refractivity contribution in [1.29, 1.82) is 0 Å². The molecule has 3 aromatic carbocycles. The number of aryl methyl sites for hydroxylation is 1. The van der Waals surface area contributed by atoms with Crippen LogP contribution in [0.3, 0.4) is 0 Å². The number of rotatable bonds is 8. The topological polar surface area (TPSA) is 82.6 Å². The van der Waals surface area contributed by atoms with E-state index in [-0.39, 0.29) is 19.0 Å². The first-order valence-corrected chi connectivity index (χ1v) is 10.8. The molecule has 6 heteroatoms. The van der Waals surface area contributed by atoms with E-state index in [1.165, 1.54) is 4.90 Å². The highest BCUT2D eigenvalue weighted by atomic mass is 16.5. The molecule has 0 saturated heterocycles. The number of methoxy groups -OCH3 is 1. The number of aliphatic carboxylic acids is 1. The Morgan fingerprint density at radius 2 is 1.73 bits per heavy atom. The van der Waals surface area contributed by atoms with E-state index in [1.54, 1.807) is 7.11 Å². The van der Waals surface area contributed by atoms with Crippen molar-refractivity contribution in [2.75, 3.05) is 20.2 Å². The van der Waals surface area contributed by atoms with Gasteiger partial charge in [-0.05, 0) is 48.7 Å². The van der Waals surface area contributed by atoms with Crippen molar-refractivity contribution in [3.05, 3.63) is 89.6 Å². The SMILES string of the molecule is COc1ccc(CCN(CC(=O)O)C(=O)c2[nH]c3ccc(C)cc3c2-c2ccccc2)cc1. The zero-order valence-corrected chi connectivity index (χ0v) is 18.7. The Hall–Kier alpha value is -4.06. The maximum Gasteiger partial charge on any atom is 0.323 e. The van der Waals surface area contributed by atoms with Crippen LogP contribution >= 0.6 is 0 Å². The lowest BCUT2D eigenvalue weighted by atomic mass is 10.00. The van der Waals surface area contributed by atoms with E-state index < -0.39 is 5.97 Å². The predicted molar refractivity (Wildman–Crippen MR) is 129 cm³/mol. The highest BCUT2D eigenvalue weighted by Crippen LogP contribution is 2.34. The summed E-state index contributed by atoms with van der Waals surface area (Å²) in [5.74, 6) is -0.636. The second-order valence-electron chi connectivity index (χ2n) is 8.01. The molecule has 6 nitrogen and oxygen atoms in total. The van der Waals surface area contributed by atoms with Crippen LogP contribution in [0.2, 0.25) is 0 Å². The summed E-state index contributed by atoms with van der Waals surface area (Å²) in [6.45, 7) is 1.91. The summed E-state index contributed by atoms with van der Waals surface area (Å²) < 4.78 is 5.19.